The molecule has 0 unspecified atom stereocenters. The van der Waals surface area contributed by atoms with Gasteiger partial charge in [0, 0.05) is 17.5 Å². The van der Waals surface area contributed by atoms with E-state index < -0.39 is 34.7 Å². The molecular weight excluding hydrogens is 332 g/mol. The van der Waals surface area contributed by atoms with Crippen molar-refractivity contribution >= 4 is 17.8 Å². The van der Waals surface area contributed by atoms with Gasteiger partial charge in [0.2, 0.25) is 0 Å². The molecule has 0 aliphatic heterocycles. The Hall–Kier alpha value is -3.10. The van der Waals surface area contributed by atoms with Crippen molar-refractivity contribution < 1.29 is 29.0 Å². The number of aromatic amines is 1. The van der Waals surface area contributed by atoms with Crippen molar-refractivity contribution in [3.63, 3.8) is 0 Å². The van der Waals surface area contributed by atoms with Crippen molar-refractivity contribution in [2.75, 3.05) is 13.2 Å². The number of amides is 1. The molecule has 0 bridgehead atoms. The number of rotatable bonds is 6. The Bertz CT molecular complexity index is 777. The second-order valence-electron chi connectivity index (χ2n) is 4.93. The minimum atomic E-state index is -0.984. The number of ether oxygens (including phenoxy) is 2. The standard InChI is InChI=1S/C16H20N2O7/c1-5-24-10(19)7-8(3)17-14(21)12-13(20)11(16(23)25-6-2)9(4)18-15(12)22/h7H,5-6H2,1-4H3,(H,17,21)(H2,18,20,22). The van der Waals surface area contributed by atoms with Crippen LogP contribution in [0.1, 0.15) is 47.2 Å². The van der Waals surface area contributed by atoms with Gasteiger partial charge in [0.1, 0.15) is 16.9 Å². The van der Waals surface area contributed by atoms with Crippen molar-refractivity contribution in [2.24, 2.45) is 0 Å². The lowest BCUT2D eigenvalue weighted by atomic mass is 10.1. The molecule has 0 fully saturated rings. The zero-order valence-electron chi connectivity index (χ0n) is 14.4. The van der Waals surface area contributed by atoms with Crippen LogP contribution in [0, 0.1) is 6.92 Å². The Balaban J connectivity index is 3.22. The molecule has 1 aromatic rings. The van der Waals surface area contributed by atoms with E-state index in [1.807, 2.05) is 0 Å². The third kappa shape index (κ3) is 4.93. The van der Waals surface area contributed by atoms with Crippen molar-refractivity contribution in [3.8, 4) is 5.75 Å². The molecule has 3 N–H and O–H groups in total. The molecule has 1 aromatic heterocycles. The van der Waals surface area contributed by atoms with Gasteiger partial charge in [-0.05, 0) is 27.7 Å². The number of aromatic nitrogens is 1. The number of hydrogen-bond donors (Lipinski definition) is 3. The maximum absolute atomic E-state index is 12.2. The van der Waals surface area contributed by atoms with Crippen LogP contribution < -0.4 is 10.9 Å². The van der Waals surface area contributed by atoms with E-state index in [4.69, 9.17) is 9.47 Å². The smallest absolute Gasteiger partial charge is 0.343 e. The summed E-state index contributed by atoms with van der Waals surface area (Å²) in [4.78, 5) is 49.8. The van der Waals surface area contributed by atoms with Gasteiger partial charge in [0.15, 0.2) is 0 Å². The van der Waals surface area contributed by atoms with Crippen LogP contribution in [0.25, 0.3) is 0 Å². The van der Waals surface area contributed by atoms with E-state index in [0.29, 0.717) is 0 Å². The first-order valence-corrected chi connectivity index (χ1v) is 7.52. The second kappa shape index (κ2) is 8.67. The number of esters is 2. The fourth-order valence-electron chi connectivity index (χ4n) is 2.01. The number of hydrogen-bond acceptors (Lipinski definition) is 7. The highest BCUT2D eigenvalue weighted by Gasteiger charge is 2.26. The van der Waals surface area contributed by atoms with E-state index in [0.717, 1.165) is 6.08 Å². The summed E-state index contributed by atoms with van der Waals surface area (Å²) in [7, 11) is 0. The van der Waals surface area contributed by atoms with Crippen LogP contribution >= 0.6 is 0 Å². The number of aryl methyl sites for hydroxylation is 1. The molecule has 1 rings (SSSR count). The molecule has 0 aromatic carbocycles. The lowest BCUT2D eigenvalue weighted by Gasteiger charge is -2.11. The monoisotopic (exact) mass is 352 g/mol. The third-order valence-corrected chi connectivity index (χ3v) is 3.01. The molecule has 0 saturated heterocycles. The number of aromatic hydroxyl groups is 1. The van der Waals surface area contributed by atoms with Gasteiger partial charge < -0.3 is 24.9 Å². The van der Waals surface area contributed by atoms with Gasteiger partial charge >= 0.3 is 11.9 Å². The molecule has 9 heteroatoms. The number of H-pyrrole nitrogens is 1. The van der Waals surface area contributed by atoms with Gasteiger partial charge in [-0.1, -0.05) is 0 Å². The first-order valence-electron chi connectivity index (χ1n) is 7.52. The summed E-state index contributed by atoms with van der Waals surface area (Å²) in [6, 6.07) is 0. The van der Waals surface area contributed by atoms with Crippen molar-refractivity contribution in [3.05, 3.63) is 38.9 Å². The molecule has 9 nitrogen and oxygen atoms in total. The first-order chi connectivity index (χ1) is 11.7. The third-order valence-electron chi connectivity index (χ3n) is 3.01. The minimum absolute atomic E-state index is 0.0553. The Morgan fingerprint density at radius 3 is 2.32 bits per heavy atom. The zero-order valence-corrected chi connectivity index (χ0v) is 14.4. The Morgan fingerprint density at radius 2 is 1.76 bits per heavy atom. The Morgan fingerprint density at radius 1 is 1.16 bits per heavy atom. The zero-order chi connectivity index (χ0) is 19.1. The van der Waals surface area contributed by atoms with Gasteiger partial charge in [0.05, 0.1) is 13.2 Å². The van der Waals surface area contributed by atoms with Gasteiger partial charge in [-0.25, -0.2) is 9.59 Å². The molecular formula is C16H20N2O7. The van der Waals surface area contributed by atoms with E-state index in [2.05, 4.69) is 10.3 Å². The van der Waals surface area contributed by atoms with Crippen LogP contribution in [0.3, 0.4) is 0 Å². The maximum Gasteiger partial charge on any atom is 0.343 e. The molecule has 0 atom stereocenters. The highest BCUT2D eigenvalue weighted by Crippen LogP contribution is 2.22. The maximum atomic E-state index is 12.2. The van der Waals surface area contributed by atoms with Gasteiger partial charge in [-0.3, -0.25) is 9.59 Å². The molecule has 0 saturated carbocycles. The molecule has 136 valence electrons. The van der Waals surface area contributed by atoms with E-state index in [1.165, 1.54) is 13.8 Å². The quantitative estimate of drug-likeness (QED) is 0.508. The highest BCUT2D eigenvalue weighted by molar-refractivity contribution is 6.03. The first kappa shape index (κ1) is 19.9. The minimum Gasteiger partial charge on any atom is -0.506 e. The molecule has 1 heterocycles. The second-order valence-corrected chi connectivity index (χ2v) is 4.93. The summed E-state index contributed by atoms with van der Waals surface area (Å²) in [5.41, 5.74) is -1.69. The molecule has 1 amide bonds. The van der Waals surface area contributed by atoms with Crippen molar-refractivity contribution in [1.82, 2.24) is 10.3 Å². The Labute approximate surface area is 143 Å². The van der Waals surface area contributed by atoms with Crippen molar-refractivity contribution in [1.29, 1.82) is 0 Å². The Kier molecular flexibility index (Phi) is 6.92. The normalized spacial score (nSPS) is 11.0. The highest BCUT2D eigenvalue weighted by atomic mass is 16.5. The van der Waals surface area contributed by atoms with E-state index >= 15 is 0 Å². The van der Waals surface area contributed by atoms with Gasteiger partial charge in [-0.2, -0.15) is 0 Å². The fraction of sp³-hybridized carbons (Fsp3) is 0.375. The van der Waals surface area contributed by atoms with E-state index in [-0.39, 0.29) is 30.2 Å². The van der Waals surface area contributed by atoms with Crippen LogP contribution in [-0.4, -0.2) is 41.2 Å². The van der Waals surface area contributed by atoms with Crippen LogP contribution in [0.15, 0.2) is 16.6 Å². The summed E-state index contributed by atoms with van der Waals surface area (Å²) < 4.78 is 9.49. The lowest BCUT2D eigenvalue weighted by Crippen LogP contribution is -2.30. The average Bonchev–Trinajstić information content (AvgIpc) is 2.46. The average molecular weight is 352 g/mol. The summed E-state index contributed by atoms with van der Waals surface area (Å²) in [5.74, 6) is -3.32. The molecule has 0 aliphatic rings. The lowest BCUT2D eigenvalue weighted by molar-refractivity contribution is -0.137. The van der Waals surface area contributed by atoms with Gasteiger partial charge in [-0.15, -0.1) is 0 Å². The molecule has 0 spiro atoms. The van der Waals surface area contributed by atoms with Crippen LogP contribution in [0.2, 0.25) is 0 Å². The van der Waals surface area contributed by atoms with E-state index in [1.54, 1.807) is 13.8 Å². The van der Waals surface area contributed by atoms with Crippen LogP contribution in [-0.2, 0) is 14.3 Å². The summed E-state index contributed by atoms with van der Waals surface area (Å²) in [6.07, 6.45) is 1.02. The largest absolute Gasteiger partial charge is 0.506 e. The number of pyridine rings is 1. The topological polar surface area (TPSA) is 135 Å². The van der Waals surface area contributed by atoms with Crippen molar-refractivity contribution in [2.45, 2.75) is 27.7 Å². The molecule has 25 heavy (non-hydrogen) atoms. The SMILES string of the molecule is CCOC(=O)C=C(C)NC(=O)c1c(O)c(C(=O)OCC)c(C)[nH]c1=O. The van der Waals surface area contributed by atoms with E-state index in [9.17, 15) is 24.3 Å². The fourth-order valence-corrected chi connectivity index (χ4v) is 2.01. The molecule has 0 aliphatic carbocycles. The number of nitrogens with one attached hydrogen (secondary N) is 2. The predicted molar refractivity (Wildman–Crippen MR) is 87.3 cm³/mol. The number of allylic oxidation sites excluding steroid dienone is 1. The summed E-state index contributed by atoms with van der Waals surface area (Å²) in [6.45, 7) is 6.21. The van der Waals surface area contributed by atoms with Crippen LogP contribution in [0.4, 0.5) is 0 Å². The number of carbonyl (C=O) groups excluding carboxylic acids is 3. The van der Waals surface area contributed by atoms with Crippen LogP contribution in [0.5, 0.6) is 5.75 Å². The summed E-state index contributed by atoms with van der Waals surface area (Å²) in [5, 5.41) is 12.5. The summed E-state index contributed by atoms with van der Waals surface area (Å²) >= 11 is 0. The predicted octanol–water partition coefficient (Wildman–Crippen LogP) is 0.762. The number of carbonyl (C=O) groups is 3. The molecule has 0 radical (unpaired) electrons. The van der Waals surface area contributed by atoms with Gasteiger partial charge in [0.25, 0.3) is 11.5 Å².